The quantitative estimate of drug-likeness (QED) is 0.850. The molecule has 1 aliphatic heterocycles. The minimum absolute atomic E-state index is 0.0471. The molecule has 0 bridgehead atoms. The Morgan fingerprint density at radius 3 is 3.06 bits per heavy atom. The van der Waals surface area contributed by atoms with E-state index in [0.29, 0.717) is 6.04 Å². The lowest BCUT2D eigenvalue weighted by Gasteiger charge is -2.38. The fraction of sp³-hybridized carbons (Fsp3) is 0.538. The summed E-state index contributed by atoms with van der Waals surface area (Å²) in [6.07, 6.45) is 2.09. The topological polar surface area (TPSA) is 12.0 Å². The highest BCUT2D eigenvalue weighted by Gasteiger charge is 2.30. The Balaban J connectivity index is 2.08. The molecule has 0 saturated carbocycles. The largest absolute Gasteiger partial charge is 0.300 e. The molecule has 2 unspecified atom stereocenters. The molecule has 0 radical (unpaired) electrons. The van der Waals surface area contributed by atoms with Crippen molar-refractivity contribution in [3.63, 3.8) is 0 Å². The first-order valence-electron chi connectivity index (χ1n) is 5.73. The smallest absolute Gasteiger partial charge is 0.123 e. The first kappa shape index (κ1) is 11.9. The Morgan fingerprint density at radius 2 is 2.38 bits per heavy atom. The van der Waals surface area contributed by atoms with Crippen molar-refractivity contribution in [1.82, 2.24) is 5.32 Å². The van der Waals surface area contributed by atoms with E-state index in [-0.39, 0.29) is 10.7 Å². The van der Waals surface area contributed by atoms with Crippen molar-refractivity contribution in [2.24, 2.45) is 0 Å². The zero-order chi connectivity index (χ0) is 11.6. The maximum atomic E-state index is 13.1. The fourth-order valence-electron chi connectivity index (χ4n) is 2.23. The van der Waals surface area contributed by atoms with E-state index in [0.717, 1.165) is 12.0 Å². The van der Waals surface area contributed by atoms with Gasteiger partial charge in [0.1, 0.15) is 5.82 Å². The molecule has 1 fully saturated rings. The third-order valence-corrected chi connectivity index (χ3v) is 4.29. The van der Waals surface area contributed by atoms with Gasteiger partial charge in [0.2, 0.25) is 0 Å². The van der Waals surface area contributed by atoms with Crippen molar-refractivity contribution >= 4 is 11.8 Å². The van der Waals surface area contributed by atoms with Crippen LogP contribution in [0.4, 0.5) is 4.39 Å². The summed E-state index contributed by atoms with van der Waals surface area (Å²) in [6, 6.07) is 7.46. The van der Waals surface area contributed by atoms with Gasteiger partial charge >= 0.3 is 0 Å². The van der Waals surface area contributed by atoms with E-state index >= 15 is 0 Å². The molecule has 0 aliphatic carbocycles. The Bertz CT molecular complexity index is 369. The fourth-order valence-corrected chi connectivity index (χ4v) is 3.71. The standard InChI is InChI=1S/C13H18FNS/c1-10-6-7-16-13(2,15-10)9-11-4-3-5-12(14)8-11/h3-5,8,10,15H,6-7,9H2,1-2H3. The third-order valence-electron chi connectivity index (χ3n) is 2.95. The van der Waals surface area contributed by atoms with Crippen molar-refractivity contribution in [3.05, 3.63) is 35.6 Å². The maximum absolute atomic E-state index is 13.1. The van der Waals surface area contributed by atoms with Crippen molar-refractivity contribution in [2.45, 2.75) is 37.6 Å². The number of thioether (sulfide) groups is 1. The van der Waals surface area contributed by atoms with Gasteiger partial charge in [-0.25, -0.2) is 4.39 Å². The number of rotatable bonds is 2. The van der Waals surface area contributed by atoms with E-state index < -0.39 is 0 Å². The predicted molar refractivity (Wildman–Crippen MR) is 68.2 cm³/mol. The summed E-state index contributed by atoms with van der Waals surface area (Å²) in [5.74, 6) is 1.04. The van der Waals surface area contributed by atoms with Gasteiger partial charge in [0, 0.05) is 6.04 Å². The number of hydrogen-bond donors (Lipinski definition) is 1. The molecule has 16 heavy (non-hydrogen) atoms. The normalized spacial score (nSPS) is 30.3. The summed E-state index contributed by atoms with van der Waals surface area (Å²) in [4.78, 5) is 0.0471. The van der Waals surface area contributed by atoms with E-state index in [1.165, 1.54) is 18.2 Å². The van der Waals surface area contributed by atoms with Crippen LogP contribution >= 0.6 is 11.8 Å². The minimum Gasteiger partial charge on any atom is -0.300 e. The Morgan fingerprint density at radius 1 is 1.56 bits per heavy atom. The summed E-state index contributed by atoms with van der Waals surface area (Å²) < 4.78 is 13.1. The van der Waals surface area contributed by atoms with Crippen LogP contribution in [-0.4, -0.2) is 16.7 Å². The number of nitrogens with one attached hydrogen (secondary N) is 1. The molecule has 1 aliphatic rings. The van der Waals surface area contributed by atoms with Gasteiger partial charge < -0.3 is 5.32 Å². The Labute approximate surface area is 101 Å². The van der Waals surface area contributed by atoms with Gasteiger partial charge in [-0.2, -0.15) is 0 Å². The van der Waals surface area contributed by atoms with Crippen molar-refractivity contribution < 1.29 is 4.39 Å². The van der Waals surface area contributed by atoms with Gasteiger partial charge in [-0.15, -0.1) is 11.8 Å². The average molecular weight is 239 g/mol. The summed E-state index contributed by atoms with van der Waals surface area (Å²) in [7, 11) is 0. The van der Waals surface area contributed by atoms with Crippen molar-refractivity contribution in [2.75, 3.05) is 5.75 Å². The second-order valence-electron chi connectivity index (χ2n) is 4.72. The number of benzene rings is 1. The molecule has 1 saturated heterocycles. The zero-order valence-corrected chi connectivity index (χ0v) is 10.6. The van der Waals surface area contributed by atoms with Crippen molar-refractivity contribution in [3.8, 4) is 0 Å². The molecule has 0 amide bonds. The monoisotopic (exact) mass is 239 g/mol. The summed E-state index contributed by atoms with van der Waals surface area (Å²) in [6.45, 7) is 4.42. The Hall–Kier alpha value is -0.540. The van der Waals surface area contributed by atoms with Gasteiger partial charge in [0.15, 0.2) is 0 Å². The number of hydrogen-bond acceptors (Lipinski definition) is 2. The van der Waals surface area contributed by atoms with Crippen LogP contribution in [-0.2, 0) is 6.42 Å². The molecule has 3 heteroatoms. The molecule has 0 spiro atoms. The number of halogens is 1. The van der Waals surface area contributed by atoms with E-state index in [4.69, 9.17) is 0 Å². The summed E-state index contributed by atoms with van der Waals surface area (Å²) in [5.41, 5.74) is 1.07. The van der Waals surface area contributed by atoms with Crippen LogP contribution in [0.3, 0.4) is 0 Å². The third kappa shape index (κ3) is 2.98. The molecule has 1 N–H and O–H groups in total. The lowest BCUT2D eigenvalue weighted by Crippen LogP contribution is -2.49. The lowest BCUT2D eigenvalue weighted by molar-refractivity contribution is 0.407. The molecule has 1 aromatic carbocycles. The van der Waals surface area contributed by atoms with E-state index in [1.807, 2.05) is 17.8 Å². The molecule has 1 aromatic rings. The van der Waals surface area contributed by atoms with Crippen LogP contribution < -0.4 is 5.32 Å². The second kappa shape index (κ2) is 4.76. The molecule has 2 atom stereocenters. The molecule has 1 heterocycles. The van der Waals surface area contributed by atoms with Gasteiger partial charge in [0.25, 0.3) is 0 Å². The Kier molecular flexibility index (Phi) is 3.55. The van der Waals surface area contributed by atoms with Crippen LogP contribution in [0, 0.1) is 5.82 Å². The van der Waals surface area contributed by atoms with Gasteiger partial charge in [-0.05, 0) is 50.1 Å². The van der Waals surface area contributed by atoms with Crippen LogP contribution in [0.2, 0.25) is 0 Å². The molecule has 88 valence electrons. The van der Waals surface area contributed by atoms with Crippen LogP contribution in [0.1, 0.15) is 25.8 Å². The first-order chi connectivity index (χ1) is 7.57. The minimum atomic E-state index is -0.144. The first-order valence-corrected chi connectivity index (χ1v) is 6.72. The van der Waals surface area contributed by atoms with E-state index in [9.17, 15) is 4.39 Å². The van der Waals surface area contributed by atoms with Crippen LogP contribution in [0.5, 0.6) is 0 Å². The zero-order valence-electron chi connectivity index (χ0n) is 9.79. The molecular weight excluding hydrogens is 221 g/mol. The average Bonchev–Trinajstić information content (AvgIpc) is 2.16. The summed E-state index contributed by atoms with van der Waals surface area (Å²) in [5, 5.41) is 3.60. The highest BCUT2D eigenvalue weighted by Crippen LogP contribution is 2.32. The molecule has 2 rings (SSSR count). The van der Waals surface area contributed by atoms with E-state index in [2.05, 4.69) is 19.2 Å². The molecule has 1 nitrogen and oxygen atoms in total. The van der Waals surface area contributed by atoms with Gasteiger partial charge in [-0.1, -0.05) is 12.1 Å². The molecule has 0 aromatic heterocycles. The van der Waals surface area contributed by atoms with Gasteiger partial charge in [-0.3, -0.25) is 0 Å². The maximum Gasteiger partial charge on any atom is 0.123 e. The SMILES string of the molecule is CC1CCSC(C)(Cc2cccc(F)c2)N1. The highest BCUT2D eigenvalue weighted by atomic mass is 32.2. The predicted octanol–water partition coefficient (Wildman–Crippen LogP) is 3.20. The van der Waals surface area contributed by atoms with E-state index in [1.54, 1.807) is 12.1 Å². The van der Waals surface area contributed by atoms with Gasteiger partial charge in [0.05, 0.1) is 4.87 Å². The second-order valence-corrected chi connectivity index (χ2v) is 6.32. The van der Waals surface area contributed by atoms with Crippen LogP contribution in [0.15, 0.2) is 24.3 Å². The van der Waals surface area contributed by atoms with Crippen molar-refractivity contribution in [1.29, 1.82) is 0 Å². The molecular formula is C13H18FNS. The van der Waals surface area contributed by atoms with Crippen LogP contribution in [0.25, 0.3) is 0 Å². The lowest BCUT2D eigenvalue weighted by atomic mass is 10.0. The summed E-state index contributed by atoms with van der Waals surface area (Å²) >= 11 is 1.94. The highest BCUT2D eigenvalue weighted by molar-refractivity contribution is 8.00.